The van der Waals surface area contributed by atoms with E-state index in [0.717, 1.165) is 30.8 Å². The van der Waals surface area contributed by atoms with Crippen LogP contribution >= 0.6 is 0 Å². The van der Waals surface area contributed by atoms with E-state index in [4.69, 9.17) is 10.00 Å². The van der Waals surface area contributed by atoms with Crippen molar-refractivity contribution in [3.63, 3.8) is 0 Å². The van der Waals surface area contributed by atoms with Gasteiger partial charge in [-0.1, -0.05) is 45.1 Å². The molecule has 0 aromatic carbocycles. The van der Waals surface area contributed by atoms with Gasteiger partial charge in [0.1, 0.15) is 0 Å². The number of hydrogen-bond donors (Lipinski definition) is 0. The number of nitriles is 1. The lowest BCUT2D eigenvalue weighted by molar-refractivity contribution is -0.0102. The first-order chi connectivity index (χ1) is 11.8. The fourth-order valence-electron chi connectivity index (χ4n) is 4.51. The van der Waals surface area contributed by atoms with Crippen LogP contribution in [0.2, 0.25) is 0 Å². The summed E-state index contributed by atoms with van der Waals surface area (Å²) in [6.45, 7) is 3.32. The van der Waals surface area contributed by atoms with Gasteiger partial charge >= 0.3 is 0 Å². The van der Waals surface area contributed by atoms with Gasteiger partial charge < -0.3 is 4.74 Å². The highest BCUT2D eigenvalue weighted by Gasteiger charge is 2.24. The predicted octanol–water partition coefficient (Wildman–Crippen LogP) is 6.42. The Morgan fingerprint density at radius 2 is 1.54 bits per heavy atom. The summed E-state index contributed by atoms with van der Waals surface area (Å²) in [7, 11) is 0. The number of nitrogens with zero attached hydrogens (tertiary/aromatic N) is 1. The molecular formula is C22H37NO. The van der Waals surface area contributed by atoms with Gasteiger partial charge in [-0.15, -0.1) is 0 Å². The molecule has 0 atom stereocenters. The van der Waals surface area contributed by atoms with Crippen molar-refractivity contribution in [2.45, 2.75) is 96.5 Å². The Hall–Kier alpha value is -0.810. The molecule has 0 aromatic rings. The third-order valence-corrected chi connectivity index (χ3v) is 6.23. The predicted molar refractivity (Wildman–Crippen MR) is 101 cm³/mol. The van der Waals surface area contributed by atoms with Crippen LogP contribution in [0.1, 0.15) is 90.4 Å². The van der Waals surface area contributed by atoms with E-state index in [0.29, 0.717) is 6.10 Å². The maximum Gasteiger partial charge on any atom is 0.0908 e. The first-order valence-electron chi connectivity index (χ1n) is 10.5. The van der Waals surface area contributed by atoms with E-state index in [2.05, 4.69) is 13.0 Å². The molecule has 0 heterocycles. The maximum absolute atomic E-state index is 8.50. The first kappa shape index (κ1) is 19.5. The summed E-state index contributed by atoms with van der Waals surface area (Å²) in [6, 6.07) is 2.07. The van der Waals surface area contributed by atoms with Gasteiger partial charge in [0, 0.05) is 12.7 Å². The second kappa shape index (κ2) is 11.7. The van der Waals surface area contributed by atoms with E-state index in [9.17, 15) is 0 Å². The quantitative estimate of drug-likeness (QED) is 0.457. The van der Waals surface area contributed by atoms with Crippen LogP contribution in [0.3, 0.4) is 0 Å². The molecule has 0 amide bonds. The van der Waals surface area contributed by atoms with Crippen LogP contribution in [-0.4, -0.2) is 12.7 Å². The zero-order chi connectivity index (χ0) is 17.0. The summed E-state index contributed by atoms with van der Waals surface area (Å²) in [5.74, 6) is 2.69. The fourth-order valence-corrected chi connectivity index (χ4v) is 4.51. The van der Waals surface area contributed by atoms with Crippen LogP contribution in [0.25, 0.3) is 0 Å². The van der Waals surface area contributed by atoms with Crippen molar-refractivity contribution in [1.82, 2.24) is 0 Å². The van der Waals surface area contributed by atoms with Crippen molar-refractivity contribution < 1.29 is 4.74 Å². The normalized spacial score (nSPS) is 31.2. The molecule has 0 radical (unpaired) electrons. The standard InChI is InChI=1S/C22H37NO/c1-2-3-7-19-9-11-21(12-10-19)18-24-22-15-13-20(14-16-22)8-5-4-6-17-23/h4,6,19-22H,2-3,5,7-16,18H2,1H3/b6-4+/t19-,20-,21-,22-. The fraction of sp³-hybridized carbons (Fsp3) is 0.864. The summed E-state index contributed by atoms with van der Waals surface area (Å²) in [5, 5.41) is 8.50. The molecule has 2 aliphatic carbocycles. The third-order valence-electron chi connectivity index (χ3n) is 6.23. The Morgan fingerprint density at radius 3 is 2.21 bits per heavy atom. The van der Waals surface area contributed by atoms with Gasteiger partial charge in [0.2, 0.25) is 0 Å². The topological polar surface area (TPSA) is 33.0 Å². The Balaban J connectivity index is 1.52. The van der Waals surface area contributed by atoms with Gasteiger partial charge in [-0.2, -0.15) is 5.26 Å². The summed E-state index contributed by atoms with van der Waals surface area (Å²) in [4.78, 5) is 0. The largest absolute Gasteiger partial charge is 0.378 e. The molecule has 2 heteroatoms. The van der Waals surface area contributed by atoms with Crippen LogP contribution in [0.4, 0.5) is 0 Å². The summed E-state index contributed by atoms with van der Waals surface area (Å²) >= 11 is 0. The third kappa shape index (κ3) is 7.39. The van der Waals surface area contributed by atoms with Crippen LogP contribution < -0.4 is 0 Å². The monoisotopic (exact) mass is 331 g/mol. The molecule has 0 aliphatic heterocycles. The molecule has 0 N–H and O–H groups in total. The van der Waals surface area contributed by atoms with Crippen LogP contribution in [0.5, 0.6) is 0 Å². The van der Waals surface area contributed by atoms with E-state index in [-0.39, 0.29) is 0 Å². The smallest absolute Gasteiger partial charge is 0.0908 e. The molecular weight excluding hydrogens is 294 g/mol. The molecule has 136 valence electrons. The lowest BCUT2D eigenvalue weighted by Gasteiger charge is -2.32. The Labute approximate surface area is 149 Å². The van der Waals surface area contributed by atoms with Crippen molar-refractivity contribution in [3.05, 3.63) is 12.2 Å². The second-order valence-electron chi connectivity index (χ2n) is 8.11. The minimum atomic E-state index is 0.522. The number of rotatable bonds is 9. The molecule has 2 fully saturated rings. The minimum Gasteiger partial charge on any atom is -0.378 e. The SMILES string of the molecule is CCCC[C@H]1CC[C@H](CO[C@H]2CC[C@H](CC/C=C/C#N)CC2)CC1. The van der Waals surface area contributed by atoms with Gasteiger partial charge in [0.15, 0.2) is 0 Å². The van der Waals surface area contributed by atoms with Gasteiger partial charge in [0.05, 0.1) is 12.2 Å². The zero-order valence-corrected chi connectivity index (χ0v) is 15.7. The number of hydrogen-bond acceptors (Lipinski definition) is 2. The van der Waals surface area contributed by atoms with E-state index >= 15 is 0 Å². The lowest BCUT2D eigenvalue weighted by atomic mass is 9.80. The number of allylic oxidation sites excluding steroid dienone is 2. The molecule has 0 saturated heterocycles. The molecule has 0 aromatic heterocycles. The highest BCUT2D eigenvalue weighted by atomic mass is 16.5. The Morgan fingerprint density at radius 1 is 0.917 bits per heavy atom. The van der Waals surface area contributed by atoms with Crippen molar-refractivity contribution in [2.24, 2.45) is 17.8 Å². The van der Waals surface area contributed by atoms with Crippen LogP contribution in [0.15, 0.2) is 12.2 Å². The molecule has 0 spiro atoms. The van der Waals surface area contributed by atoms with Gasteiger partial charge in [-0.05, 0) is 69.1 Å². The van der Waals surface area contributed by atoms with Crippen molar-refractivity contribution >= 4 is 0 Å². The molecule has 24 heavy (non-hydrogen) atoms. The Kier molecular flexibility index (Phi) is 9.51. The van der Waals surface area contributed by atoms with Crippen molar-refractivity contribution in [1.29, 1.82) is 5.26 Å². The van der Waals surface area contributed by atoms with E-state index in [1.165, 1.54) is 77.0 Å². The molecule has 2 saturated carbocycles. The average molecular weight is 332 g/mol. The zero-order valence-electron chi connectivity index (χ0n) is 15.7. The summed E-state index contributed by atoms with van der Waals surface area (Å²) in [5.41, 5.74) is 0. The number of unbranched alkanes of at least 4 members (excludes halogenated alkanes) is 1. The molecule has 2 rings (SSSR count). The van der Waals surface area contributed by atoms with Gasteiger partial charge in [-0.3, -0.25) is 0 Å². The highest BCUT2D eigenvalue weighted by molar-refractivity contribution is 5.01. The average Bonchev–Trinajstić information content (AvgIpc) is 2.64. The minimum absolute atomic E-state index is 0.522. The Bertz CT molecular complexity index is 381. The summed E-state index contributed by atoms with van der Waals surface area (Å²) < 4.78 is 6.27. The van der Waals surface area contributed by atoms with E-state index in [1.54, 1.807) is 6.08 Å². The molecule has 0 bridgehead atoms. The van der Waals surface area contributed by atoms with E-state index < -0.39 is 0 Å². The molecule has 2 aliphatic rings. The molecule has 0 unspecified atom stereocenters. The number of ether oxygens (including phenoxy) is 1. The van der Waals surface area contributed by atoms with Gasteiger partial charge in [-0.25, -0.2) is 0 Å². The van der Waals surface area contributed by atoms with Crippen molar-refractivity contribution in [2.75, 3.05) is 6.61 Å². The molecule has 2 nitrogen and oxygen atoms in total. The van der Waals surface area contributed by atoms with Crippen LogP contribution in [-0.2, 0) is 4.74 Å². The lowest BCUT2D eigenvalue weighted by Crippen LogP contribution is -2.26. The highest BCUT2D eigenvalue weighted by Crippen LogP contribution is 2.34. The van der Waals surface area contributed by atoms with Crippen LogP contribution in [0, 0.1) is 29.1 Å². The first-order valence-corrected chi connectivity index (χ1v) is 10.5. The van der Waals surface area contributed by atoms with Crippen molar-refractivity contribution in [3.8, 4) is 6.07 Å². The van der Waals surface area contributed by atoms with E-state index in [1.807, 2.05) is 6.08 Å². The van der Waals surface area contributed by atoms with Gasteiger partial charge in [0.25, 0.3) is 0 Å². The second-order valence-corrected chi connectivity index (χ2v) is 8.11. The maximum atomic E-state index is 8.50. The summed E-state index contributed by atoms with van der Waals surface area (Å²) in [6.07, 6.45) is 21.5.